The standard InChI is InChI=1S/C77H134O16P2/c1-4-7-10-13-16-19-22-25-28-30-32-33-34-35-36-37-39-41-43-45-48-51-54-57-60-63-75(80)87-66-72(78)67-89-94(83,84)90-68-73(79)69-91-95(85,86)92-71-74(93-77(82)65-62-59-56-53-50-47-42-27-24-21-18-15-12-9-6-3)70-88-76(81)64-61-58-55-52-49-46-44-40-38-31-29-26-23-20-17-14-11-8-5-2/h8,11,16-17,19-20,25-26,28-29,32-33,35-36,38,40,46,49,72-74,78-79H,4-7,9-10,12-15,18,21-24,27,30-31,34,37,39,41-45,47-48,50-71H2,1-3H3,(H,83,84)(H,85,86)/b11-8-,19-16-,20-17-,28-25-,29-26-,33-32-,36-35-,40-38-,49-46-. The van der Waals surface area contributed by atoms with Gasteiger partial charge in [0.25, 0.3) is 0 Å². The van der Waals surface area contributed by atoms with E-state index in [-0.39, 0.29) is 19.3 Å². The van der Waals surface area contributed by atoms with Gasteiger partial charge in [0, 0.05) is 19.3 Å². The number of aliphatic hydroxyl groups excluding tert-OH is 2. The van der Waals surface area contributed by atoms with Gasteiger partial charge in [-0.05, 0) is 109 Å². The zero-order valence-corrected chi connectivity index (χ0v) is 61.4. The molecule has 0 radical (unpaired) electrons. The first-order valence-electron chi connectivity index (χ1n) is 37.2. The Balaban J connectivity index is 4.61. The zero-order valence-electron chi connectivity index (χ0n) is 59.6. The third kappa shape index (κ3) is 71.3. The molecule has 0 saturated carbocycles. The summed E-state index contributed by atoms with van der Waals surface area (Å²) in [5.74, 6) is -1.61. The molecule has 5 unspecified atom stereocenters. The van der Waals surface area contributed by atoms with Gasteiger partial charge < -0.3 is 34.2 Å². The predicted molar refractivity (Wildman–Crippen MR) is 390 cm³/mol. The molecule has 0 saturated heterocycles. The maximum absolute atomic E-state index is 12.9. The van der Waals surface area contributed by atoms with Crippen molar-refractivity contribution >= 4 is 33.6 Å². The summed E-state index contributed by atoms with van der Waals surface area (Å²) >= 11 is 0. The summed E-state index contributed by atoms with van der Waals surface area (Å²) in [6.45, 7) is 2.51. The monoisotopic (exact) mass is 1380 g/mol. The summed E-state index contributed by atoms with van der Waals surface area (Å²) in [7, 11) is -9.79. The molecule has 0 fully saturated rings. The molecule has 0 spiro atoms. The fourth-order valence-electron chi connectivity index (χ4n) is 9.82. The van der Waals surface area contributed by atoms with Crippen molar-refractivity contribution < 1.29 is 75.8 Å². The molecule has 0 aliphatic rings. The average molecular weight is 1380 g/mol. The lowest BCUT2D eigenvalue weighted by molar-refractivity contribution is -0.161. The van der Waals surface area contributed by atoms with Crippen LogP contribution in [0.5, 0.6) is 0 Å². The van der Waals surface area contributed by atoms with Gasteiger partial charge in [-0.3, -0.25) is 32.5 Å². The maximum Gasteiger partial charge on any atom is 0.472 e. The Morgan fingerprint density at radius 1 is 0.305 bits per heavy atom. The Kier molecular flexibility index (Phi) is 67.3. The molecule has 0 bridgehead atoms. The number of rotatable bonds is 70. The van der Waals surface area contributed by atoms with Crippen LogP contribution >= 0.6 is 15.6 Å². The minimum absolute atomic E-state index is 0.0987. The predicted octanol–water partition coefficient (Wildman–Crippen LogP) is 21.2. The van der Waals surface area contributed by atoms with Gasteiger partial charge in [-0.2, -0.15) is 0 Å². The van der Waals surface area contributed by atoms with Crippen LogP contribution in [-0.2, 0) is 55.8 Å². The van der Waals surface area contributed by atoms with Gasteiger partial charge >= 0.3 is 33.6 Å². The zero-order chi connectivity index (χ0) is 69.5. The highest BCUT2D eigenvalue weighted by molar-refractivity contribution is 7.47. The van der Waals surface area contributed by atoms with E-state index in [1.807, 2.05) is 0 Å². The topological polar surface area (TPSA) is 231 Å². The van der Waals surface area contributed by atoms with Crippen molar-refractivity contribution in [2.75, 3.05) is 39.6 Å². The van der Waals surface area contributed by atoms with E-state index >= 15 is 0 Å². The Morgan fingerprint density at radius 3 is 0.916 bits per heavy atom. The minimum Gasteiger partial charge on any atom is -0.463 e. The molecule has 0 aromatic rings. The second kappa shape index (κ2) is 70.1. The number of hydrogen-bond acceptors (Lipinski definition) is 14. The lowest BCUT2D eigenvalue weighted by Crippen LogP contribution is -2.30. The van der Waals surface area contributed by atoms with Crippen molar-refractivity contribution in [3.8, 4) is 0 Å². The minimum atomic E-state index is -4.93. The first kappa shape index (κ1) is 91.2. The summed E-state index contributed by atoms with van der Waals surface area (Å²) in [6.07, 6.45) is 79.9. The molecule has 0 aromatic carbocycles. The number of hydrogen-bond donors (Lipinski definition) is 4. The van der Waals surface area contributed by atoms with E-state index in [0.717, 1.165) is 128 Å². The van der Waals surface area contributed by atoms with Crippen molar-refractivity contribution in [1.82, 2.24) is 0 Å². The number of phosphoric acid groups is 2. The van der Waals surface area contributed by atoms with Crippen molar-refractivity contribution in [1.29, 1.82) is 0 Å². The molecule has 0 aliphatic heterocycles. The van der Waals surface area contributed by atoms with E-state index in [4.69, 9.17) is 32.3 Å². The molecule has 5 atom stereocenters. The molecule has 0 rings (SSSR count). The van der Waals surface area contributed by atoms with Crippen molar-refractivity contribution in [2.24, 2.45) is 0 Å². The first-order valence-corrected chi connectivity index (χ1v) is 40.2. The van der Waals surface area contributed by atoms with Gasteiger partial charge in [-0.1, -0.05) is 284 Å². The summed E-state index contributed by atoms with van der Waals surface area (Å²) < 4.78 is 61.0. The number of ether oxygens (including phenoxy) is 3. The number of carbonyl (C=O) groups is 3. The number of esters is 3. The Labute approximate surface area is 577 Å². The summed E-state index contributed by atoms with van der Waals surface area (Å²) in [4.78, 5) is 58.5. The molecule has 95 heavy (non-hydrogen) atoms. The second-order valence-corrected chi connectivity index (χ2v) is 27.6. The summed E-state index contributed by atoms with van der Waals surface area (Å²) in [5, 5.41) is 20.6. The average Bonchev–Trinajstić information content (AvgIpc) is 2.13. The smallest absolute Gasteiger partial charge is 0.463 e. The van der Waals surface area contributed by atoms with Crippen LogP contribution < -0.4 is 0 Å². The lowest BCUT2D eigenvalue weighted by atomic mass is 10.0. The highest BCUT2D eigenvalue weighted by Gasteiger charge is 2.29. The molecular formula is C77H134O16P2. The first-order chi connectivity index (χ1) is 46.2. The van der Waals surface area contributed by atoms with Gasteiger partial charge in [0.15, 0.2) is 6.10 Å². The van der Waals surface area contributed by atoms with Crippen molar-refractivity contribution in [3.05, 3.63) is 109 Å². The Morgan fingerprint density at radius 2 is 0.558 bits per heavy atom. The molecule has 18 heteroatoms. The second-order valence-electron chi connectivity index (χ2n) is 24.7. The quantitative estimate of drug-likeness (QED) is 0.0146. The van der Waals surface area contributed by atoms with Crippen LogP contribution in [-0.4, -0.2) is 95.9 Å². The van der Waals surface area contributed by atoms with Crippen LogP contribution in [0, 0.1) is 0 Å². The van der Waals surface area contributed by atoms with Crippen LogP contribution in [0.4, 0.5) is 0 Å². The normalized spacial score (nSPS) is 14.7. The maximum atomic E-state index is 12.9. The van der Waals surface area contributed by atoms with Crippen LogP contribution in [0.3, 0.4) is 0 Å². The van der Waals surface area contributed by atoms with Crippen LogP contribution in [0.15, 0.2) is 109 Å². The Hall–Kier alpha value is -3.79. The van der Waals surface area contributed by atoms with Crippen LogP contribution in [0.1, 0.15) is 303 Å². The third-order valence-electron chi connectivity index (χ3n) is 15.5. The molecular weight excluding hydrogens is 1240 g/mol. The number of aliphatic hydroxyl groups is 2. The van der Waals surface area contributed by atoms with Gasteiger partial charge in [-0.15, -0.1) is 0 Å². The van der Waals surface area contributed by atoms with E-state index in [9.17, 15) is 43.5 Å². The van der Waals surface area contributed by atoms with E-state index in [1.165, 1.54) is 116 Å². The third-order valence-corrected chi connectivity index (χ3v) is 17.4. The van der Waals surface area contributed by atoms with Crippen LogP contribution in [0.25, 0.3) is 0 Å². The molecule has 0 amide bonds. The van der Waals surface area contributed by atoms with Gasteiger partial charge in [0.2, 0.25) is 0 Å². The van der Waals surface area contributed by atoms with Gasteiger partial charge in [-0.25, -0.2) is 9.13 Å². The summed E-state index contributed by atoms with van der Waals surface area (Å²) in [6, 6.07) is 0. The molecule has 0 heterocycles. The van der Waals surface area contributed by atoms with Gasteiger partial charge in [0.05, 0.1) is 26.4 Å². The SMILES string of the molecule is CC/C=C\C/C=C\C/C=C\C/C=C\C/C=C\CCCCCC(=O)OCC(COP(=O)(O)OCC(O)COP(=O)(O)OCC(O)COC(=O)CCCCCCCCCCC/C=C\C/C=C\C/C=C\C/C=C\CCCCC)OC(=O)CCCCCCCCCCCCCCCCC. The van der Waals surface area contributed by atoms with Crippen molar-refractivity contribution in [3.63, 3.8) is 0 Å². The fourth-order valence-corrected chi connectivity index (χ4v) is 11.4. The number of phosphoric ester groups is 2. The number of unbranched alkanes of at least 4 members (excludes halogenated alkanes) is 29. The Bertz CT molecular complexity index is 2170. The summed E-state index contributed by atoms with van der Waals surface area (Å²) in [5.41, 5.74) is 0. The van der Waals surface area contributed by atoms with E-state index in [2.05, 4.69) is 130 Å². The largest absolute Gasteiger partial charge is 0.472 e. The highest BCUT2D eigenvalue weighted by Crippen LogP contribution is 2.45. The van der Waals surface area contributed by atoms with Crippen molar-refractivity contribution in [2.45, 2.75) is 322 Å². The van der Waals surface area contributed by atoms with Gasteiger partial charge in [0.1, 0.15) is 25.4 Å². The molecule has 16 nitrogen and oxygen atoms in total. The molecule has 0 aromatic heterocycles. The molecule has 548 valence electrons. The molecule has 0 aliphatic carbocycles. The number of carbonyl (C=O) groups excluding carboxylic acids is 3. The fraction of sp³-hybridized carbons (Fsp3) is 0.727. The number of allylic oxidation sites excluding steroid dienone is 18. The van der Waals surface area contributed by atoms with E-state index in [1.54, 1.807) is 0 Å². The van der Waals surface area contributed by atoms with E-state index < -0.39 is 91.5 Å². The van der Waals surface area contributed by atoms with E-state index in [0.29, 0.717) is 19.3 Å². The van der Waals surface area contributed by atoms with Crippen LogP contribution in [0.2, 0.25) is 0 Å². The molecule has 4 N–H and O–H groups in total. The lowest BCUT2D eigenvalue weighted by Gasteiger charge is -2.21. The highest BCUT2D eigenvalue weighted by atomic mass is 31.2.